The van der Waals surface area contributed by atoms with Gasteiger partial charge in [-0.1, -0.05) is 35.4 Å². The maximum atomic E-state index is 13.2. The van der Waals surface area contributed by atoms with E-state index in [2.05, 4.69) is 5.10 Å². The molecule has 4 aromatic rings. The second kappa shape index (κ2) is 8.67. The van der Waals surface area contributed by atoms with E-state index in [1.807, 2.05) is 13.8 Å². The third-order valence-corrected chi connectivity index (χ3v) is 8.52. The number of nitrogens with zero attached hydrogens (tertiary/aromatic N) is 2. The molecule has 0 saturated carbocycles. The molecule has 0 fully saturated rings. The van der Waals surface area contributed by atoms with Crippen LogP contribution in [0, 0.1) is 13.8 Å². The number of hydrogen-bond acceptors (Lipinski definition) is 8. The van der Waals surface area contributed by atoms with Crippen LogP contribution in [0.15, 0.2) is 76.7 Å². The van der Waals surface area contributed by atoms with E-state index in [1.54, 1.807) is 36.4 Å². The lowest BCUT2D eigenvalue weighted by Gasteiger charge is -2.26. The van der Waals surface area contributed by atoms with E-state index in [-0.39, 0.29) is 28.8 Å². The average molecular weight is 515 g/mol. The van der Waals surface area contributed by atoms with Crippen molar-refractivity contribution in [1.29, 1.82) is 0 Å². The van der Waals surface area contributed by atoms with Crippen LogP contribution in [0.4, 0.5) is 0 Å². The largest absolute Gasteiger partial charge is 0.486 e. The van der Waals surface area contributed by atoms with Crippen LogP contribution in [-0.2, 0) is 24.3 Å². The molecule has 1 atom stereocenters. The number of rotatable bonds is 6. The normalized spacial score (nSPS) is 15.9. The van der Waals surface area contributed by atoms with Crippen LogP contribution in [0.25, 0.3) is 10.9 Å². The van der Waals surface area contributed by atoms with Gasteiger partial charge in [0.25, 0.3) is 20.1 Å². The van der Waals surface area contributed by atoms with Gasteiger partial charge in [0.15, 0.2) is 17.6 Å². The topological polar surface area (TPSA) is 114 Å². The third-order valence-electron chi connectivity index (χ3n) is 5.61. The molecule has 0 N–H and O–H groups in total. The van der Waals surface area contributed by atoms with Gasteiger partial charge in [-0.3, -0.25) is 4.18 Å². The van der Waals surface area contributed by atoms with Crippen molar-refractivity contribution in [3.63, 3.8) is 0 Å². The SMILES string of the molecule is Cc1ccc(S(=O)(=O)OC[C@@H]2COc3ccc4c(cnn4S(=O)(=O)c4ccc(C)cc4)c3O2)cc1. The summed E-state index contributed by atoms with van der Waals surface area (Å²) in [6, 6.07) is 16.0. The zero-order chi connectivity index (χ0) is 24.8. The van der Waals surface area contributed by atoms with Crippen LogP contribution in [-0.4, -0.2) is 45.3 Å². The second-order valence-corrected chi connectivity index (χ2v) is 11.6. The van der Waals surface area contributed by atoms with Gasteiger partial charge in [0, 0.05) is 0 Å². The van der Waals surface area contributed by atoms with Crippen LogP contribution >= 0.6 is 0 Å². The van der Waals surface area contributed by atoms with E-state index in [0.29, 0.717) is 16.7 Å². The Morgan fingerprint density at radius 1 is 0.914 bits per heavy atom. The molecular weight excluding hydrogens is 492 g/mol. The predicted octanol–water partition coefficient (Wildman–Crippen LogP) is 3.44. The Balaban J connectivity index is 1.40. The Labute approximate surface area is 203 Å². The summed E-state index contributed by atoms with van der Waals surface area (Å²) in [4.78, 5) is 0.154. The van der Waals surface area contributed by atoms with E-state index in [9.17, 15) is 16.8 Å². The monoisotopic (exact) mass is 514 g/mol. The van der Waals surface area contributed by atoms with Gasteiger partial charge in [-0.05, 0) is 50.2 Å². The number of benzene rings is 3. The Hall–Kier alpha value is -3.41. The molecule has 2 heterocycles. The molecule has 3 aromatic carbocycles. The second-order valence-electron chi connectivity index (χ2n) is 8.23. The van der Waals surface area contributed by atoms with E-state index < -0.39 is 26.2 Å². The van der Waals surface area contributed by atoms with Crippen LogP contribution in [0.1, 0.15) is 11.1 Å². The number of ether oxygens (including phenoxy) is 2. The Bertz CT molecular complexity index is 1610. The molecular formula is C24H22N2O7S2. The molecule has 0 unspecified atom stereocenters. The molecule has 0 spiro atoms. The van der Waals surface area contributed by atoms with E-state index in [1.165, 1.54) is 30.5 Å². The molecule has 0 radical (unpaired) electrons. The summed E-state index contributed by atoms with van der Waals surface area (Å²) in [6.07, 6.45) is 0.653. The van der Waals surface area contributed by atoms with Gasteiger partial charge in [0.05, 0.1) is 26.9 Å². The first-order valence-corrected chi connectivity index (χ1v) is 13.6. The highest BCUT2D eigenvalue weighted by atomic mass is 32.2. The van der Waals surface area contributed by atoms with Crippen molar-refractivity contribution < 1.29 is 30.5 Å². The van der Waals surface area contributed by atoms with Crippen molar-refractivity contribution in [2.24, 2.45) is 0 Å². The van der Waals surface area contributed by atoms with Crippen molar-refractivity contribution in [2.45, 2.75) is 29.7 Å². The first kappa shape index (κ1) is 23.3. The minimum Gasteiger partial charge on any atom is -0.486 e. The predicted molar refractivity (Wildman–Crippen MR) is 128 cm³/mol. The third kappa shape index (κ3) is 4.38. The molecule has 0 saturated heterocycles. The molecule has 1 aliphatic heterocycles. The first-order chi connectivity index (χ1) is 16.6. The number of hydrogen-bond donors (Lipinski definition) is 0. The van der Waals surface area contributed by atoms with Crippen LogP contribution in [0.3, 0.4) is 0 Å². The lowest BCUT2D eigenvalue weighted by atomic mass is 10.2. The Kier molecular flexibility index (Phi) is 5.78. The maximum absolute atomic E-state index is 13.2. The highest BCUT2D eigenvalue weighted by molar-refractivity contribution is 7.90. The van der Waals surface area contributed by atoms with Crippen molar-refractivity contribution in [1.82, 2.24) is 9.19 Å². The number of fused-ring (bicyclic) bond motifs is 3. The van der Waals surface area contributed by atoms with Crippen LogP contribution in [0.5, 0.6) is 11.5 Å². The highest BCUT2D eigenvalue weighted by Gasteiger charge is 2.29. The zero-order valence-corrected chi connectivity index (χ0v) is 20.5. The molecule has 1 aliphatic rings. The van der Waals surface area contributed by atoms with Crippen molar-refractivity contribution >= 4 is 31.0 Å². The lowest BCUT2D eigenvalue weighted by Crippen LogP contribution is -2.34. The van der Waals surface area contributed by atoms with Gasteiger partial charge in [-0.2, -0.15) is 26.0 Å². The standard InChI is InChI=1S/C24H22N2O7S2/c1-16-3-7-19(8-4-16)34(27,28)26-22-11-12-23-24(21(22)13-25-26)33-18(14-31-23)15-32-35(29,30)20-9-5-17(2)6-10-20/h3-13,18H,14-15H2,1-2H3/t18-/m0/s1. The summed E-state index contributed by atoms with van der Waals surface area (Å²) in [5.74, 6) is 0.683. The highest BCUT2D eigenvalue weighted by Crippen LogP contribution is 2.39. The molecule has 11 heteroatoms. The summed E-state index contributed by atoms with van der Waals surface area (Å²) in [6.45, 7) is 3.52. The number of aryl methyl sites for hydroxylation is 2. The smallest absolute Gasteiger partial charge is 0.297 e. The zero-order valence-electron chi connectivity index (χ0n) is 18.9. The summed E-state index contributed by atoms with van der Waals surface area (Å²) in [5.41, 5.74) is 2.17. The quantitative estimate of drug-likeness (QED) is 0.360. The van der Waals surface area contributed by atoms with E-state index in [4.69, 9.17) is 13.7 Å². The summed E-state index contributed by atoms with van der Waals surface area (Å²) >= 11 is 0. The lowest BCUT2D eigenvalue weighted by molar-refractivity contribution is 0.0571. The minimum absolute atomic E-state index is 0.0465. The summed E-state index contributed by atoms with van der Waals surface area (Å²) < 4.78 is 69.2. The van der Waals surface area contributed by atoms with Gasteiger partial charge in [-0.25, -0.2) is 0 Å². The first-order valence-electron chi connectivity index (χ1n) is 10.7. The van der Waals surface area contributed by atoms with Crippen molar-refractivity contribution in [3.05, 3.63) is 78.0 Å². The van der Waals surface area contributed by atoms with Gasteiger partial charge in [-0.15, -0.1) is 0 Å². The maximum Gasteiger partial charge on any atom is 0.297 e. The molecule has 0 aliphatic carbocycles. The molecule has 0 bridgehead atoms. The van der Waals surface area contributed by atoms with Gasteiger partial charge in [0.1, 0.15) is 13.2 Å². The fraction of sp³-hybridized carbons (Fsp3) is 0.208. The molecule has 0 amide bonds. The van der Waals surface area contributed by atoms with E-state index >= 15 is 0 Å². The van der Waals surface area contributed by atoms with Crippen molar-refractivity contribution in [2.75, 3.05) is 13.2 Å². The fourth-order valence-electron chi connectivity index (χ4n) is 3.67. The Morgan fingerprint density at radius 3 is 2.20 bits per heavy atom. The van der Waals surface area contributed by atoms with E-state index in [0.717, 1.165) is 15.2 Å². The molecule has 1 aromatic heterocycles. The summed E-state index contributed by atoms with van der Waals surface area (Å²) in [5, 5.41) is 4.52. The minimum atomic E-state index is -3.98. The van der Waals surface area contributed by atoms with Gasteiger partial charge < -0.3 is 9.47 Å². The van der Waals surface area contributed by atoms with Crippen LogP contribution in [0.2, 0.25) is 0 Å². The van der Waals surface area contributed by atoms with Crippen LogP contribution < -0.4 is 9.47 Å². The van der Waals surface area contributed by atoms with Gasteiger partial charge >= 0.3 is 0 Å². The molecule has 182 valence electrons. The average Bonchev–Trinajstić information content (AvgIpc) is 3.29. The number of aromatic nitrogens is 2. The summed E-state index contributed by atoms with van der Waals surface area (Å²) in [7, 11) is -7.91. The molecule has 9 nitrogen and oxygen atoms in total. The molecule has 5 rings (SSSR count). The van der Waals surface area contributed by atoms with Crippen molar-refractivity contribution in [3.8, 4) is 11.5 Å². The molecule has 35 heavy (non-hydrogen) atoms. The van der Waals surface area contributed by atoms with Gasteiger partial charge in [0.2, 0.25) is 0 Å². The fourth-order valence-corrected chi connectivity index (χ4v) is 5.88. The Morgan fingerprint density at radius 2 is 1.54 bits per heavy atom.